The van der Waals surface area contributed by atoms with Gasteiger partial charge in [0.05, 0.1) is 22.3 Å². The van der Waals surface area contributed by atoms with Crippen molar-refractivity contribution in [3.05, 3.63) is 33.8 Å². The van der Waals surface area contributed by atoms with Crippen molar-refractivity contribution < 1.29 is 4.79 Å². The van der Waals surface area contributed by atoms with Crippen LogP contribution in [0.15, 0.2) is 21.9 Å². The molecule has 0 aliphatic heterocycles. The zero-order valence-corrected chi connectivity index (χ0v) is 18.1. The lowest BCUT2D eigenvalue weighted by atomic mass is 10.3. The van der Waals surface area contributed by atoms with Crippen LogP contribution in [0.1, 0.15) is 23.2 Å². The number of thiophene rings is 1. The van der Waals surface area contributed by atoms with Crippen molar-refractivity contribution in [2.75, 3.05) is 17.2 Å². The van der Waals surface area contributed by atoms with E-state index in [4.69, 9.17) is 0 Å². The van der Waals surface area contributed by atoms with Crippen molar-refractivity contribution in [2.45, 2.75) is 36.8 Å². The van der Waals surface area contributed by atoms with Gasteiger partial charge in [-0.25, -0.2) is 0 Å². The molecule has 0 radical (unpaired) electrons. The predicted molar refractivity (Wildman–Crippen MR) is 113 cm³/mol. The van der Waals surface area contributed by atoms with Gasteiger partial charge in [-0.15, -0.1) is 21.5 Å². The zero-order valence-electron chi connectivity index (χ0n) is 15.6. The van der Waals surface area contributed by atoms with Crippen LogP contribution in [0.4, 0.5) is 10.8 Å². The van der Waals surface area contributed by atoms with E-state index < -0.39 is 0 Å². The third kappa shape index (κ3) is 5.08. The monoisotopic (exact) mass is 422 g/mol. The molecule has 0 aromatic carbocycles. The van der Waals surface area contributed by atoms with E-state index in [-0.39, 0.29) is 11.2 Å². The highest BCUT2D eigenvalue weighted by molar-refractivity contribution is 8.02. The van der Waals surface area contributed by atoms with Gasteiger partial charge >= 0.3 is 0 Å². The van der Waals surface area contributed by atoms with Gasteiger partial charge in [-0.3, -0.25) is 9.48 Å². The summed E-state index contributed by atoms with van der Waals surface area (Å²) in [6, 6.07) is 4.18. The second-order valence-corrected chi connectivity index (χ2v) is 9.65. The first kappa shape index (κ1) is 19.8. The van der Waals surface area contributed by atoms with Gasteiger partial charge in [-0.1, -0.05) is 29.2 Å². The van der Waals surface area contributed by atoms with Crippen molar-refractivity contribution in [3.63, 3.8) is 0 Å². The van der Waals surface area contributed by atoms with Gasteiger partial charge in [0, 0.05) is 18.5 Å². The molecule has 3 aromatic rings. The molecule has 3 rings (SSSR count). The van der Waals surface area contributed by atoms with Crippen LogP contribution in [0.2, 0.25) is 0 Å². The van der Waals surface area contributed by atoms with Crippen molar-refractivity contribution in [1.82, 2.24) is 20.0 Å². The van der Waals surface area contributed by atoms with E-state index in [9.17, 15) is 4.79 Å². The normalized spacial score (nSPS) is 12.1. The topological polar surface area (TPSA) is 84.7 Å². The molecule has 0 saturated carbocycles. The molecule has 0 unspecified atom stereocenters. The van der Waals surface area contributed by atoms with Crippen molar-refractivity contribution >= 4 is 51.2 Å². The van der Waals surface area contributed by atoms with Crippen LogP contribution in [0, 0.1) is 13.8 Å². The highest BCUT2D eigenvalue weighted by Gasteiger charge is 2.20. The molecule has 7 nitrogen and oxygen atoms in total. The number of rotatable bonds is 8. The molecular formula is C17H22N6OS3. The molecule has 0 aliphatic rings. The first-order valence-electron chi connectivity index (χ1n) is 8.51. The maximum Gasteiger partial charge on any atom is 0.237 e. The van der Waals surface area contributed by atoms with Gasteiger partial charge in [-0.05, 0) is 38.6 Å². The third-order valence-corrected chi connectivity index (χ3v) is 7.04. The molecule has 1 amide bonds. The predicted octanol–water partition coefficient (Wildman–Crippen LogP) is 3.72. The molecule has 0 bridgehead atoms. The fraction of sp³-hybridized carbons (Fsp3) is 0.412. The van der Waals surface area contributed by atoms with Crippen molar-refractivity contribution in [3.8, 4) is 0 Å². The second kappa shape index (κ2) is 8.85. The highest BCUT2D eigenvalue weighted by atomic mass is 32.2. The molecule has 1 atom stereocenters. The Morgan fingerprint density at radius 2 is 2.19 bits per heavy atom. The number of amides is 1. The molecule has 0 spiro atoms. The number of anilines is 2. The molecule has 2 N–H and O–H groups in total. The Labute approximate surface area is 170 Å². The number of hydrogen-bond donors (Lipinski definition) is 2. The Morgan fingerprint density at radius 1 is 1.37 bits per heavy atom. The van der Waals surface area contributed by atoms with Crippen molar-refractivity contribution in [2.24, 2.45) is 7.05 Å². The van der Waals surface area contributed by atoms with E-state index in [1.54, 1.807) is 16.0 Å². The van der Waals surface area contributed by atoms with E-state index in [0.29, 0.717) is 0 Å². The molecule has 27 heavy (non-hydrogen) atoms. The average molecular weight is 423 g/mol. The summed E-state index contributed by atoms with van der Waals surface area (Å²) in [6.07, 6.45) is 0.961. The van der Waals surface area contributed by atoms with E-state index in [0.717, 1.165) is 39.5 Å². The van der Waals surface area contributed by atoms with E-state index in [2.05, 4.69) is 43.4 Å². The van der Waals surface area contributed by atoms with Crippen LogP contribution in [-0.4, -0.2) is 37.7 Å². The summed E-state index contributed by atoms with van der Waals surface area (Å²) in [6.45, 7) is 6.51. The standard InChI is InChI=1S/C17H22N6OS3/c1-10-14(11(2)23(4)22-10)19-15(24)12(3)26-17-21-20-16(27-17)18-8-7-13-6-5-9-25-13/h5-6,9,12H,7-8H2,1-4H3,(H,18,20)(H,19,24)/t12-/m1/s1. The Morgan fingerprint density at radius 3 is 2.85 bits per heavy atom. The summed E-state index contributed by atoms with van der Waals surface area (Å²) in [4.78, 5) is 13.9. The van der Waals surface area contributed by atoms with Gasteiger partial charge in [-0.2, -0.15) is 5.10 Å². The molecule has 0 saturated heterocycles. The maximum atomic E-state index is 12.5. The van der Waals surface area contributed by atoms with Crippen LogP contribution < -0.4 is 10.6 Å². The number of nitrogens with zero attached hydrogens (tertiary/aromatic N) is 4. The summed E-state index contributed by atoms with van der Waals surface area (Å²) < 4.78 is 2.54. The van der Waals surface area contributed by atoms with Crippen molar-refractivity contribution in [1.29, 1.82) is 0 Å². The van der Waals surface area contributed by atoms with E-state index >= 15 is 0 Å². The summed E-state index contributed by atoms with van der Waals surface area (Å²) >= 11 is 4.63. The molecule has 0 aliphatic carbocycles. The Hall–Kier alpha value is -1.91. The van der Waals surface area contributed by atoms with Crippen LogP contribution in [0.5, 0.6) is 0 Å². The van der Waals surface area contributed by atoms with Gasteiger partial charge < -0.3 is 10.6 Å². The molecule has 10 heteroatoms. The first-order chi connectivity index (χ1) is 12.9. The van der Waals surface area contributed by atoms with Gasteiger partial charge in [0.25, 0.3) is 0 Å². The van der Waals surface area contributed by atoms with Gasteiger partial charge in [0.15, 0.2) is 4.34 Å². The van der Waals surface area contributed by atoms with Gasteiger partial charge in [0.1, 0.15) is 0 Å². The second-order valence-electron chi connectivity index (χ2n) is 6.05. The minimum absolute atomic E-state index is 0.0680. The van der Waals surface area contributed by atoms with E-state index in [1.807, 2.05) is 27.8 Å². The quantitative estimate of drug-likeness (QED) is 0.538. The lowest BCUT2D eigenvalue weighted by Gasteiger charge is -2.10. The lowest BCUT2D eigenvalue weighted by Crippen LogP contribution is -2.23. The minimum atomic E-state index is -0.282. The number of aryl methyl sites for hydroxylation is 2. The summed E-state index contributed by atoms with van der Waals surface area (Å²) in [5, 5.41) is 21.5. The van der Waals surface area contributed by atoms with Crippen LogP contribution in [0.25, 0.3) is 0 Å². The molecule has 144 valence electrons. The number of nitrogens with one attached hydrogen (secondary N) is 2. The Balaban J connectivity index is 1.50. The average Bonchev–Trinajstić information content (AvgIpc) is 3.35. The summed E-state index contributed by atoms with van der Waals surface area (Å²) in [5.41, 5.74) is 2.53. The molecular weight excluding hydrogens is 400 g/mol. The highest BCUT2D eigenvalue weighted by Crippen LogP contribution is 2.30. The van der Waals surface area contributed by atoms with Gasteiger partial charge in [0.2, 0.25) is 11.0 Å². The fourth-order valence-corrected chi connectivity index (χ4v) is 5.09. The van der Waals surface area contributed by atoms with E-state index in [1.165, 1.54) is 28.0 Å². The minimum Gasteiger partial charge on any atom is -0.360 e. The lowest BCUT2D eigenvalue weighted by molar-refractivity contribution is -0.115. The maximum absolute atomic E-state index is 12.5. The first-order valence-corrected chi connectivity index (χ1v) is 11.1. The van der Waals surface area contributed by atoms with Crippen LogP contribution in [-0.2, 0) is 18.3 Å². The number of carbonyl (C=O) groups excluding carboxylic acids is 1. The Kier molecular flexibility index (Phi) is 6.51. The largest absolute Gasteiger partial charge is 0.360 e. The molecule has 3 aromatic heterocycles. The SMILES string of the molecule is Cc1nn(C)c(C)c1NC(=O)[C@@H](C)Sc1nnc(NCCc2cccs2)s1. The third-order valence-electron chi connectivity index (χ3n) is 4.04. The zero-order chi connectivity index (χ0) is 19.4. The molecule has 0 fully saturated rings. The fourth-order valence-electron chi connectivity index (χ4n) is 2.46. The number of thioether (sulfide) groups is 1. The number of hydrogen-bond acceptors (Lipinski definition) is 8. The summed E-state index contributed by atoms with van der Waals surface area (Å²) in [5.74, 6) is -0.0680. The summed E-state index contributed by atoms with van der Waals surface area (Å²) in [7, 11) is 1.87. The van der Waals surface area contributed by atoms with Crippen LogP contribution in [0.3, 0.4) is 0 Å². The van der Waals surface area contributed by atoms with Crippen LogP contribution >= 0.6 is 34.4 Å². The number of carbonyl (C=O) groups is 1. The Bertz CT molecular complexity index is 902. The molecule has 3 heterocycles. The number of aromatic nitrogens is 4. The smallest absolute Gasteiger partial charge is 0.237 e.